The number of hydrogen-bond donors (Lipinski definition) is 0. The minimum Gasteiger partial charge on any atom is -0.336 e. The number of carbonyl (C=O) groups excluding carboxylic acids is 2. The van der Waals surface area contributed by atoms with Gasteiger partial charge in [0.25, 0.3) is 5.91 Å². The third kappa shape index (κ3) is 4.29. The van der Waals surface area contributed by atoms with E-state index in [1.165, 1.54) is 17.5 Å². The van der Waals surface area contributed by atoms with Gasteiger partial charge in [-0.05, 0) is 42.0 Å². The SMILES string of the molecule is O=C(CN1C(=O)/C(=C/c2ccccc2)SC2CCCCC21)N1CCc2ccccc2C1. The fourth-order valence-electron chi connectivity index (χ4n) is 5.02. The second-order valence-corrected chi connectivity index (χ2v) is 9.98. The van der Waals surface area contributed by atoms with Crippen LogP contribution in [0.1, 0.15) is 42.4 Å². The summed E-state index contributed by atoms with van der Waals surface area (Å²) >= 11 is 1.72. The predicted octanol–water partition coefficient (Wildman–Crippen LogP) is 4.50. The smallest absolute Gasteiger partial charge is 0.261 e. The van der Waals surface area contributed by atoms with Crippen LogP contribution in [0.2, 0.25) is 0 Å². The van der Waals surface area contributed by atoms with E-state index < -0.39 is 0 Å². The van der Waals surface area contributed by atoms with E-state index in [1.54, 1.807) is 11.8 Å². The Labute approximate surface area is 188 Å². The van der Waals surface area contributed by atoms with E-state index in [0.29, 0.717) is 11.8 Å². The van der Waals surface area contributed by atoms with Crippen LogP contribution in [0.3, 0.4) is 0 Å². The molecular formula is C26H28N2O2S. The van der Waals surface area contributed by atoms with Crippen molar-refractivity contribution in [2.45, 2.75) is 49.9 Å². The van der Waals surface area contributed by atoms with Crippen LogP contribution >= 0.6 is 11.8 Å². The molecule has 2 unspecified atom stereocenters. The number of carbonyl (C=O) groups is 2. The predicted molar refractivity (Wildman–Crippen MR) is 125 cm³/mol. The molecule has 0 bridgehead atoms. The molecule has 31 heavy (non-hydrogen) atoms. The number of fused-ring (bicyclic) bond motifs is 2. The van der Waals surface area contributed by atoms with E-state index in [9.17, 15) is 9.59 Å². The highest BCUT2D eigenvalue weighted by Gasteiger charge is 2.41. The summed E-state index contributed by atoms with van der Waals surface area (Å²) in [5.41, 5.74) is 3.59. The fraction of sp³-hybridized carbons (Fsp3) is 0.385. The van der Waals surface area contributed by atoms with E-state index in [4.69, 9.17) is 0 Å². The Morgan fingerprint density at radius 2 is 1.74 bits per heavy atom. The first-order valence-corrected chi connectivity index (χ1v) is 12.2. The molecule has 2 fully saturated rings. The van der Waals surface area contributed by atoms with Crippen molar-refractivity contribution in [1.29, 1.82) is 0 Å². The van der Waals surface area contributed by atoms with E-state index in [-0.39, 0.29) is 24.4 Å². The topological polar surface area (TPSA) is 40.6 Å². The van der Waals surface area contributed by atoms with E-state index in [2.05, 4.69) is 18.2 Å². The minimum absolute atomic E-state index is 0.0164. The lowest BCUT2D eigenvalue weighted by molar-refractivity contribution is -0.141. The van der Waals surface area contributed by atoms with Crippen LogP contribution in [-0.2, 0) is 22.6 Å². The van der Waals surface area contributed by atoms with Crippen LogP contribution in [0, 0.1) is 0 Å². The highest BCUT2D eigenvalue weighted by atomic mass is 32.2. The zero-order valence-corrected chi connectivity index (χ0v) is 18.5. The maximum Gasteiger partial charge on any atom is 0.261 e. The Balaban J connectivity index is 1.36. The van der Waals surface area contributed by atoms with Crippen LogP contribution in [0.15, 0.2) is 59.5 Å². The highest BCUT2D eigenvalue weighted by molar-refractivity contribution is 8.04. The Kier molecular flexibility index (Phi) is 5.86. The van der Waals surface area contributed by atoms with Crippen molar-refractivity contribution in [3.63, 3.8) is 0 Å². The van der Waals surface area contributed by atoms with Crippen molar-refractivity contribution in [2.24, 2.45) is 0 Å². The van der Waals surface area contributed by atoms with Gasteiger partial charge in [-0.2, -0.15) is 0 Å². The van der Waals surface area contributed by atoms with Crippen molar-refractivity contribution in [2.75, 3.05) is 13.1 Å². The molecule has 1 saturated carbocycles. The molecule has 5 rings (SSSR count). The van der Waals surface area contributed by atoms with Crippen LogP contribution in [-0.4, -0.2) is 46.0 Å². The highest BCUT2D eigenvalue weighted by Crippen LogP contribution is 2.42. The zero-order valence-electron chi connectivity index (χ0n) is 17.7. The molecule has 0 N–H and O–H groups in total. The molecule has 4 nitrogen and oxygen atoms in total. The Hall–Kier alpha value is -2.53. The zero-order chi connectivity index (χ0) is 21.2. The molecule has 1 saturated heterocycles. The number of hydrogen-bond acceptors (Lipinski definition) is 3. The van der Waals surface area contributed by atoms with Crippen molar-refractivity contribution in [3.8, 4) is 0 Å². The maximum absolute atomic E-state index is 13.5. The third-order valence-corrected chi connectivity index (χ3v) is 8.10. The van der Waals surface area contributed by atoms with Gasteiger partial charge in [0.1, 0.15) is 6.54 Å². The van der Waals surface area contributed by atoms with Crippen molar-refractivity contribution < 1.29 is 9.59 Å². The minimum atomic E-state index is 0.0164. The summed E-state index contributed by atoms with van der Waals surface area (Å²) in [6.45, 7) is 1.56. The molecule has 2 aromatic rings. The fourth-order valence-corrected chi connectivity index (χ4v) is 6.49. The number of rotatable bonds is 3. The van der Waals surface area contributed by atoms with Gasteiger partial charge in [0, 0.05) is 24.4 Å². The first-order valence-electron chi connectivity index (χ1n) is 11.3. The third-order valence-electron chi connectivity index (χ3n) is 6.70. The summed E-state index contributed by atoms with van der Waals surface area (Å²) in [7, 11) is 0. The normalized spacial score (nSPS) is 24.6. The molecule has 2 aromatic carbocycles. The summed E-state index contributed by atoms with van der Waals surface area (Å²) < 4.78 is 0. The lowest BCUT2D eigenvalue weighted by Gasteiger charge is -2.44. The number of thioether (sulfide) groups is 1. The lowest BCUT2D eigenvalue weighted by Crippen LogP contribution is -2.55. The Bertz CT molecular complexity index is 1000. The van der Waals surface area contributed by atoms with Crippen LogP contribution < -0.4 is 0 Å². The van der Waals surface area contributed by atoms with Gasteiger partial charge in [-0.25, -0.2) is 0 Å². The quantitative estimate of drug-likeness (QED) is 0.671. The molecule has 0 aromatic heterocycles. The standard InChI is InChI=1S/C26H28N2O2S/c29-25(27-15-14-20-10-4-5-11-21(20)17-27)18-28-22-12-6-7-13-23(22)31-24(26(28)30)16-19-8-2-1-3-9-19/h1-5,8-11,16,22-23H,6-7,12-15,17-18H2/b24-16-. The Morgan fingerprint density at radius 1 is 1.00 bits per heavy atom. The van der Waals surface area contributed by atoms with Gasteiger partial charge in [0.05, 0.1) is 4.91 Å². The van der Waals surface area contributed by atoms with Gasteiger partial charge in [0.2, 0.25) is 5.91 Å². The lowest BCUT2D eigenvalue weighted by atomic mass is 9.93. The molecule has 2 heterocycles. The van der Waals surface area contributed by atoms with E-state index in [1.807, 2.05) is 52.3 Å². The van der Waals surface area contributed by atoms with Crippen molar-refractivity contribution >= 4 is 29.7 Å². The van der Waals surface area contributed by atoms with Gasteiger partial charge in [-0.1, -0.05) is 67.4 Å². The van der Waals surface area contributed by atoms with Gasteiger partial charge < -0.3 is 9.80 Å². The summed E-state index contributed by atoms with van der Waals surface area (Å²) in [5.74, 6) is 0.0842. The summed E-state index contributed by atoms with van der Waals surface area (Å²) in [6, 6.07) is 18.5. The molecule has 160 valence electrons. The molecule has 2 atom stereocenters. The molecule has 0 radical (unpaired) electrons. The summed E-state index contributed by atoms with van der Waals surface area (Å²) in [4.78, 5) is 31.3. The monoisotopic (exact) mass is 432 g/mol. The largest absolute Gasteiger partial charge is 0.336 e. The van der Waals surface area contributed by atoms with Crippen LogP contribution in [0.4, 0.5) is 0 Å². The first kappa shape index (κ1) is 20.4. The average Bonchev–Trinajstić information content (AvgIpc) is 2.82. The van der Waals surface area contributed by atoms with Gasteiger partial charge in [-0.3, -0.25) is 9.59 Å². The number of benzene rings is 2. The molecule has 1 aliphatic carbocycles. The molecule has 5 heteroatoms. The Morgan fingerprint density at radius 3 is 2.58 bits per heavy atom. The second kappa shape index (κ2) is 8.91. The van der Waals surface area contributed by atoms with Gasteiger partial charge in [-0.15, -0.1) is 11.8 Å². The van der Waals surface area contributed by atoms with Crippen molar-refractivity contribution in [1.82, 2.24) is 9.80 Å². The number of nitrogens with zero attached hydrogens (tertiary/aromatic N) is 2. The average molecular weight is 433 g/mol. The van der Waals surface area contributed by atoms with Gasteiger partial charge >= 0.3 is 0 Å². The first-order chi connectivity index (χ1) is 15.2. The second-order valence-electron chi connectivity index (χ2n) is 8.69. The molecule has 3 aliphatic rings. The molecular weight excluding hydrogens is 404 g/mol. The van der Waals surface area contributed by atoms with Crippen molar-refractivity contribution in [3.05, 3.63) is 76.2 Å². The summed E-state index contributed by atoms with van der Waals surface area (Å²) in [5, 5.41) is 0.385. The molecule has 2 amide bonds. The van der Waals surface area contributed by atoms with E-state index >= 15 is 0 Å². The molecule has 0 spiro atoms. The van der Waals surface area contributed by atoms with Crippen LogP contribution in [0.5, 0.6) is 0 Å². The maximum atomic E-state index is 13.5. The number of amides is 2. The van der Waals surface area contributed by atoms with E-state index in [0.717, 1.165) is 42.7 Å². The summed E-state index contributed by atoms with van der Waals surface area (Å²) in [6.07, 6.45) is 7.32. The van der Waals surface area contributed by atoms with Gasteiger partial charge in [0.15, 0.2) is 0 Å². The van der Waals surface area contributed by atoms with Crippen LogP contribution in [0.25, 0.3) is 6.08 Å². The molecule has 2 aliphatic heterocycles.